The Hall–Kier alpha value is -3.16. The van der Waals surface area contributed by atoms with Crippen molar-refractivity contribution in [3.63, 3.8) is 0 Å². The van der Waals surface area contributed by atoms with Gasteiger partial charge in [-0.3, -0.25) is 4.79 Å². The van der Waals surface area contributed by atoms with E-state index in [1.165, 1.54) is 18.4 Å². The Balaban J connectivity index is 1.26. The lowest BCUT2D eigenvalue weighted by molar-refractivity contribution is -0.142. The van der Waals surface area contributed by atoms with Crippen LogP contribution in [0.4, 0.5) is 17.3 Å². The summed E-state index contributed by atoms with van der Waals surface area (Å²) in [5.74, 6) is 1.59. The summed E-state index contributed by atoms with van der Waals surface area (Å²) in [6.45, 7) is 2.94. The number of imidazole rings is 1. The van der Waals surface area contributed by atoms with Crippen LogP contribution in [0.3, 0.4) is 0 Å². The smallest absolute Gasteiger partial charge is 0.310 e. The van der Waals surface area contributed by atoms with Gasteiger partial charge in [0, 0.05) is 26.2 Å². The van der Waals surface area contributed by atoms with Gasteiger partial charge in [-0.25, -0.2) is 15.0 Å². The van der Waals surface area contributed by atoms with Crippen molar-refractivity contribution in [1.82, 2.24) is 19.5 Å². The Morgan fingerprint density at radius 3 is 2.79 bits per heavy atom. The lowest BCUT2D eigenvalue weighted by atomic mass is 10.0. The molecule has 0 unspecified atom stereocenters. The van der Waals surface area contributed by atoms with Gasteiger partial charge < -0.3 is 19.5 Å². The maximum absolute atomic E-state index is 11.0. The summed E-state index contributed by atoms with van der Waals surface area (Å²) in [5.41, 5.74) is 4.19. The molecular weight excluding hydrogens is 368 g/mol. The highest BCUT2D eigenvalue weighted by Gasteiger charge is 2.33. The van der Waals surface area contributed by atoms with Gasteiger partial charge in [-0.1, -0.05) is 0 Å². The highest BCUT2D eigenvalue weighted by Crippen LogP contribution is 2.36. The number of anilines is 3. The molecule has 5 heterocycles. The van der Waals surface area contributed by atoms with Gasteiger partial charge in [0.15, 0.2) is 5.65 Å². The molecule has 8 nitrogen and oxygen atoms in total. The number of aromatic nitrogens is 4. The molecule has 3 aromatic heterocycles. The van der Waals surface area contributed by atoms with Gasteiger partial charge in [-0.2, -0.15) is 0 Å². The van der Waals surface area contributed by atoms with E-state index in [0.29, 0.717) is 13.1 Å². The SMILES string of the molecule is O=C(O)C1CN(c2ccc(N3CCc4cc5ncn(CC6CC6)c5nc43)cn2)C1. The molecule has 29 heavy (non-hydrogen) atoms. The number of carbonyl (C=O) groups is 1. The number of hydrogen-bond acceptors (Lipinski definition) is 6. The number of carboxylic acids is 1. The second-order valence-corrected chi connectivity index (χ2v) is 8.37. The molecule has 2 fully saturated rings. The molecule has 0 spiro atoms. The molecule has 0 atom stereocenters. The first-order chi connectivity index (χ1) is 14.2. The molecule has 0 bridgehead atoms. The van der Waals surface area contributed by atoms with Crippen LogP contribution >= 0.6 is 0 Å². The largest absolute Gasteiger partial charge is 0.481 e. The Morgan fingerprint density at radius 1 is 1.21 bits per heavy atom. The quantitative estimate of drug-likeness (QED) is 0.716. The van der Waals surface area contributed by atoms with Crippen molar-refractivity contribution in [2.45, 2.75) is 25.8 Å². The summed E-state index contributed by atoms with van der Waals surface area (Å²) < 4.78 is 2.19. The number of carboxylic acid groups (broad SMARTS) is 1. The number of fused-ring (bicyclic) bond motifs is 2. The molecule has 8 heteroatoms. The van der Waals surface area contributed by atoms with Crippen molar-refractivity contribution in [2.24, 2.45) is 11.8 Å². The summed E-state index contributed by atoms with van der Waals surface area (Å²) in [6.07, 6.45) is 7.34. The van der Waals surface area contributed by atoms with E-state index < -0.39 is 5.97 Å². The van der Waals surface area contributed by atoms with Gasteiger partial charge in [0.25, 0.3) is 0 Å². The Labute approximate surface area is 167 Å². The third-order valence-corrected chi connectivity index (χ3v) is 6.26. The average molecular weight is 390 g/mol. The van der Waals surface area contributed by atoms with Gasteiger partial charge >= 0.3 is 5.97 Å². The first kappa shape index (κ1) is 16.8. The molecule has 0 radical (unpaired) electrons. The van der Waals surface area contributed by atoms with E-state index >= 15 is 0 Å². The van der Waals surface area contributed by atoms with Gasteiger partial charge in [-0.15, -0.1) is 0 Å². The van der Waals surface area contributed by atoms with Crippen molar-refractivity contribution >= 4 is 34.5 Å². The van der Waals surface area contributed by atoms with E-state index in [9.17, 15) is 4.79 Å². The number of hydrogen-bond donors (Lipinski definition) is 1. The molecular formula is C21H22N6O2. The van der Waals surface area contributed by atoms with Crippen LogP contribution in [0.1, 0.15) is 18.4 Å². The minimum absolute atomic E-state index is 0.283. The third kappa shape index (κ3) is 2.82. The van der Waals surface area contributed by atoms with E-state index in [1.807, 2.05) is 23.5 Å². The summed E-state index contributed by atoms with van der Waals surface area (Å²) >= 11 is 0. The second kappa shape index (κ2) is 6.17. The topological polar surface area (TPSA) is 87.4 Å². The van der Waals surface area contributed by atoms with Crippen molar-refractivity contribution in [3.8, 4) is 0 Å². The van der Waals surface area contributed by atoms with E-state index in [1.54, 1.807) is 0 Å². The van der Waals surface area contributed by atoms with Crippen LogP contribution in [0, 0.1) is 11.8 Å². The highest BCUT2D eigenvalue weighted by atomic mass is 16.4. The van der Waals surface area contributed by atoms with Crippen LogP contribution in [0.15, 0.2) is 30.7 Å². The fraction of sp³-hybridized carbons (Fsp3) is 0.429. The predicted octanol–water partition coefficient (Wildman–Crippen LogP) is 2.45. The molecule has 0 amide bonds. The van der Waals surface area contributed by atoms with Crippen LogP contribution in [-0.4, -0.2) is 50.2 Å². The third-order valence-electron chi connectivity index (χ3n) is 6.26. The van der Waals surface area contributed by atoms with E-state index in [0.717, 1.165) is 53.9 Å². The van der Waals surface area contributed by atoms with Gasteiger partial charge in [0.05, 0.1) is 24.1 Å². The second-order valence-electron chi connectivity index (χ2n) is 8.37. The first-order valence-corrected chi connectivity index (χ1v) is 10.2. The standard InChI is InChI=1S/C21H22N6O2/c28-21(29)15-10-25(11-15)18-4-3-16(8-22-18)27-6-5-14-7-17-20(24-19(14)27)26(12-23-17)9-13-1-2-13/h3-4,7-8,12-13,15H,1-2,5-6,9-11H2,(H,28,29). The monoisotopic (exact) mass is 390 g/mol. The van der Waals surface area contributed by atoms with Gasteiger partial charge in [0.2, 0.25) is 0 Å². The molecule has 1 N–H and O–H groups in total. The fourth-order valence-electron chi connectivity index (χ4n) is 4.28. The minimum atomic E-state index is -0.732. The summed E-state index contributed by atoms with van der Waals surface area (Å²) in [6, 6.07) is 6.20. The van der Waals surface area contributed by atoms with Crippen molar-refractivity contribution in [2.75, 3.05) is 29.4 Å². The normalized spacial score (nSPS) is 18.9. The number of rotatable bonds is 5. The van der Waals surface area contributed by atoms with E-state index in [4.69, 9.17) is 10.1 Å². The van der Waals surface area contributed by atoms with Gasteiger partial charge in [0.1, 0.15) is 17.2 Å². The summed E-state index contributed by atoms with van der Waals surface area (Å²) in [7, 11) is 0. The Kier molecular flexibility index (Phi) is 3.57. The molecule has 1 saturated carbocycles. The average Bonchev–Trinajstić information content (AvgIpc) is 3.27. The molecule has 2 aliphatic heterocycles. The molecule has 1 aliphatic carbocycles. The molecule has 148 valence electrons. The zero-order valence-electron chi connectivity index (χ0n) is 16.0. The molecule has 0 aromatic carbocycles. The highest BCUT2D eigenvalue weighted by molar-refractivity contribution is 5.79. The Morgan fingerprint density at radius 2 is 2.07 bits per heavy atom. The van der Waals surface area contributed by atoms with E-state index in [-0.39, 0.29) is 5.92 Å². The fourth-order valence-corrected chi connectivity index (χ4v) is 4.28. The van der Waals surface area contributed by atoms with E-state index in [2.05, 4.69) is 31.6 Å². The maximum atomic E-state index is 11.0. The summed E-state index contributed by atoms with van der Waals surface area (Å²) in [4.78, 5) is 29.3. The van der Waals surface area contributed by atoms with Crippen LogP contribution in [-0.2, 0) is 17.8 Å². The first-order valence-electron chi connectivity index (χ1n) is 10.2. The number of pyridine rings is 2. The summed E-state index contributed by atoms with van der Waals surface area (Å²) in [5, 5.41) is 9.04. The van der Waals surface area contributed by atoms with Crippen LogP contribution in [0.5, 0.6) is 0 Å². The molecule has 1 saturated heterocycles. The number of aliphatic carboxylic acids is 1. The lowest BCUT2D eigenvalue weighted by Gasteiger charge is -2.37. The molecule has 6 rings (SSSR count). The zero-order chi connectivity index (χ0) is 19.5. The van der Waals surface area contributed by atoms with Gasteiger partial charge in [-0.05, 0) is 48.9 Å². The van der Waals surface area contributed by atoms with Crippen molar-refractivity contribution < 1.29 is 9.90 Å². The van der Waals surface area contributed by atoms with Crippen LogP contribution in [0.2, 0.25) is 0 Å². The predicted molar refractivity (Wildman–Crippen MR) is 109 cm³/mol. The van der Waals surface area contributed by atoms with Crippen LogP contribution in [0.25, 0.3) is 11.2 Å². The minimum Gasteiger partial charge on any atom is -0.481 e. The van der Waals surface area contributed by atoms with Crippen molar-refractivity contribution in [1.29, 1.82) is 0 Å². The Bertz CT molecular complexity index is 1100. The number of nitrogens with zero attached hydrogens (tertiary/aromatic N) is 6. The molecule has 3 aliphatic rings. The zero-order valence-corrected chi connectivity index (χ0v) is 16.0. The van der Waals surface area contributed by atoms with Crippen LogP contribution < -0.4 is 9.80 Å². The lowest BCUT2D eigenvalue weighted by Crippen LogP contribution is -2.50. The molecule has 3 aromatic rings. The maximum Gasteiger partial charge on any atom is 0.310 e. The van der Waals surface area contributed by atoms with Crippen molar-refractivity contribution in [3.05, 3.63) is 36.3 Å².